The fraction of sp³-hybridized carbons (Fsp3) is 0.350. The van der Waals surface area contributed by atoms with E-state index >= 15 is 0 Å². The second-order valence-electron chi connectivity index (χ2n) is 6.52. The number of nitrogens with one attached hydrogen (secondary N) is 2. The Morgan fingerprint density at radius 1 is 1.22 bits per heavy atom. The lowest BCUT2D eigenvalue weighted by Crippen LogP contribution is -2.32. The van der Waals surface area contributed by atoms with E-state index in [0.29, 0.717) is 17.3 Å². The average Bonchev–Trinajstić information content (AvgIpc) is 2.69. The second kappa shape index (κ2) is 10.1. The molecular formula is C20H24ClN3O2S. The highest BCUT2D eigenvalue weighted by Crippen LogP contribution is 2.25. The van der Waals surface area contributed by atoms with Crippen LogP contribution in [-0.2, 0) is 22.6 Å². The predicted octanol–water partition coefficient (Wildman–Crippen LogP) is 3.76. The summed E-state index contributed by atoms with van der Waals surface area (Å²) in [5.74, 6) is -0.116. The van der Waals surface area contributed by atoms with Crippen LogP contribution in [0.15, 0.2) is 47.4 Å². The molecule has 2 aromatic carbocycles. The highest BCUT2D eigenvalue weighted by atomic mass is 35.5. The Hall–Kier alpha value is -1.57. The van der Waals surface area contributed by atoms with Crippen molar-refractivity contribution in [1.29, 1.82) is 0 Å². The van der Waals surface area contributed by atoms with E-state index in [9.17, 15) is 4.79 Å². The van der Waals surface area contributed by atoms with Gasteiger partial charge in [-0.3, -0.25) is 9.93 Å². The molecule has 1 aliphatic heterocycles. The molecule has 0 unspecified atom stereocenters. The van der Waals surface area contributed by atoms with E-state index < -0.39 is 0 Å². The third-order valence-corrected chi connectivity index (χ3v) is 5.55. The molecule has 1 saturated heterocycles. The molecule has 0 saturated carbocycles. The normalized spacial score (nSPS) is 14.9. The van der Waals surface area contributed by atoms with Gasteiger partial charge in [0.2, 0.25) is 5.91 Å². The zero-order valence-corrected chi connectivity index (χ0v) is 16.6. The quantitative estimate of drug-likeness (QED) is 0.611. The number of rotatable bonds is 7. The monoisotopic (exact) mass is 405 g/mol. The van der Waals surface area contributed by atoms with Gasteiger partial charge in [0.05, 0.1) is 19.1 Å². The summed E-state index contributed by atoms with van der Waals surface area (Å²) >= 11 is 7.29. The molecule has 1 aliphatic rings. The van der Waals surface area contributed by atoms with Gasteiger partial charge in [0.25, 0.3) is 0 Å². The van der Waals surface area contributed by atoms with Crippen molar-refractivity contribution in [3.8, 4) is 0 Å². The summed E-state index contributed by atoms with van der Waals surface area (Å²) in [6.45, 7) is 2.52. The number of carbonyl (C=O) groups excluding carboxylic acids is 1. The first-order chi connectivity index (χ1) is 13.2. The minimum Gasteiger partial charge on any atom is -0.373 e. The summed E-state index contributed by atoms with van der Waals surface area (Å²) in [4.78, 5) is 13.2. The molecule has 0 radical (unpaired) electrons. The fourth-order valence-electron chi connectivity index (χ4n) is 3.05. The number of nitrogens with two attached hydrogens (primary N) is 1. The number of hydrogen-bond donors (Lipinski definition) is 3. The Morgan fingerprint density at radius 2 is 2.00 bits per heavy atom. The third kappa shape index (κ3) is 5.96. The van der Waals surface area contributed by atoms with Crippen LogP contribution in [0, 0.1) is 0 Å². The lowest BCUT2D eigenvalue weighted by atomic mass is 10.1. The largest absolute Gasteiger partial charge is 0.373 e. The molecule has 144 valence electrons. The molecule has 1 fully saturated rings. The molecule has 0 bridgehead atoms. The summed E-state index contributed by atoms with van der Waals surface area (Å²) < 4.78 is 6.01. The summed E-state index contributed by atoms with van der Waals surface area (Å²) in [5, 5.41) is 12.7. The number of amides is 1. The summed E-state index contributed by atoms with van der Waals surface area (Å²) in [6, 6.07) is 13.1. The van der Waals surface area contributed by atoms with Crippen LogP contribution in [0.1, 0.15) is 24.0 Å². The first-order valence-corrected chi connectivity index (χ1v) is 10.3. The van der Waals surface area contributed by atoms with Crippen LogP contribution in [0.2, 0.25) is 5.02 Å². The Bertz CT molecular complexity index is 782. The van der Waals surface area contributed by atoms with Gasteiger partial charge in [-0.1, -0.05) is 35.9 Å². The van der Waals surface area contributed by atoms with Gasteiger partial charge in [0.1, 0.15) is 0 Å². The van der Waals surface area contributed by atoms with Gasteiger partial charge in [-0.2, -0.15) is 0 Å². The van der Waals surface area contributed by atoms with E-state index in [2.05, 4.69) is 10.6 Å². The standard InChI is InChI=1S/C20H24ClN3O2S/c21-18-4-2-1-3-14(18)11-20(25)24-16-6-5-15(19(12-16)27-22)13-26-17-7-9-23-10-8-17/h1-6,12,17,23H,7-11,13,22H2,(H,24,25). The van der Waals surface area contributed by atoms with Gasteiger partial charge in [-0.15, -0.1) is 0 Å². The highest BCUT2D eigenvalue weighted by Gasteiger charge is 2.15. The molecule has 4 N–H and O–H groups in total. The summed E-state index contributed by atoms with van der Waals surface area (Å²) in [7, 11) is 0. The second-order valence-corrected chi connectivity index (χ2v) is 7.60. The van der Waals surface area contributed by atoms with Crippen LogP contribution in [0.3, 0.4) is 0 Å². The van der Waals surface area contributed by atoms with E-state index in [1.807, 2.05) is 36.4 Å². The number of ether oxygens (including phenoxy) is 1. The van der Waals surface area contributed by atoms with Gasteiger partial charge >= 0.3 is 0 Å². The summed E-state index contributed by atoms with van der Waals surface area (Å²) in [5.41, 5.74) is 2.55. The lowest BCUT2D eigenvalue weighted by molar-refractivity contribution is -0.115. The van der Waals surface area contributed by atoms with E-state index in [-0.39, 0.29) is 18.4 Å². The molecule has 0 spiro atoms. The first kappa shape index (κ1) is 20.2. The molecule has 5 nitrogen and oxygen atoms in total. The van der Waals surface area contributed by atoms with E-state index in [0.717, 1.165) is 53.9 Å². The van der Waals surface area contributed by atoms with Crippen LogP contribution in [0.4, 0.5) is 5.69 Å². The summed E-state index contributed by atoms with van der Waals surface area (Å²) in [6.07, 6.45) is 2.57. The maximum absolute atomic E-state index is 12.3. The Morgan fingerprint density at radius 3 is 2.74 bits per heavy atom. The number of anilines is 1. The molecular weight excluding hydrogens is 382 g/mol. The van der Waals surface area contributed by atoms with Crippen LogP contribution in [0.5, 0.6) is 0 Å². The lowest BCUT2D eigenvalue weighted by Gasteiger charge is -2.23. The smallest absolute Gasteiger partial charge is 0.228 e. The van der Waals surface area contributed by atoms with Gasteiger partial charge < -0.3 is 15.4 Å². The molecule has 7 heteroatoms. The van der Waals surface area contributed by atoms with Crippen molar-refractivity contribution in [3.63, 3.8) is 0 Å². The van der Waals surface area contributed by atoms with Crippen molar-refractivity contribution >= 4 is 35.1 Å². The minimum absolute atomic E-state index is 0.116. The number of piperidine rings is 1. The van der Waals surface area contributed by atoms with Gasteiger partial charge in [-0.25, -0.2) is 0 Å². The van der Waals surface area contributed by atoms with Crippen molar-refractivity contribution in [2.75, 3.05) is 18.4 Å². The maximum Gasteiger partial charge on any atom is 0.228 e. The molecule has 27 heavy (non-hydrogen) atoms. The van der Waals surface area contributed by atoms with Crippen LogP contribution in [-0.4, -0.2) is 25.1 Å². The zero-order valence-electron chi connectivity index (χ0n) is 15.0. The molecule has 0 aliphatic carbocycles. The number of hydrogen-bond acceptors (Lipinski definition) is 5. The van der Waals surface area contributed by atoms with Gasteiger partial charge in [-0.05, 0) is 67.2 Å². The average molecular weight is 406 g/mol. The Balaban J connectivity index is 1.59. The van der Waals surface area contributed by atoms with E-state index in [4.69, 9.17) is 21.5 Å². The minimum atomic E-state index is -0.116. The van der Waals surface area contributed by atoms with Crippen LogP contribution < -0.4 is 15.8 Å². The van der Waals surface area contributed by atoms with Crippen molar-refractivity contribution in [2.24, 2.45) is 5.14 Å². The molecule has 1 amide bonds. The van der Waals surface area contributed by atoms with Crippen molar-refractivity contribution in [1.82, 2.24) is 5.32 Å². The molecule has 0 aromatic heterocycles. The van der Waals surface area contributed by atoms with Crippen molar-refractivity contribution in [3.05, 3.63) is 58.6 Å². The third-order valence-electron chi connectivity index (χ3n) is 4.55. The fourth-order valence-corrected chi connectivity index (χ4v) is 3.73. The van der Waals surface area contributed by atoms with Crippen LogP contribution >= 0.6 is 23.5 Å². The number of carbonyl (C=O) groups is 1. The number of benzene rings is 2. The predicted molar refractivity (Wildman–Crippen MR) is 111 cm³/mol. The molecule has 0 atom stereocenters. The van der Waals surface area contributed by atoms with Gasteiger partial charge in [0.15, 0.2) is 0 Å². The highest BCUT2D eigenvalue weighted by molar-refractivity contribution is 7.97. The maximum atomic E-state index is 12.3. The molecule has 3 rings (SSSR count). The van der Waals surface area contributed by atoms with Crippen molar-refractivity contribution in [2.45, 2.75) is 36.9 Å². The first-order valence-electron chi connectivity index (χ1n) is 9.01. The Kier molecular flexibility index (Phi) is 7.55. The molecule has 2 aromatic rings. The number of halogens is 1. The molecule has 1 heterocycles. The SMILES string of the molecule is NSc1cc(NC(=O)Cc2ccccc2Cl)ccc1COC1CCNCC1. The zero-order chi connectivity index (χ0) is 19.1. The van der Waals surface area contributed by atoms with Crippen molar-refractivity contribution < 1.29 is 9.53 Å². The van der Waals surface area contributed by atoms with E-state index in [1.54, 1.807) is 6.07 Å². The van der Waals surface area contributed by atoms with Crippen LogP contribution in [0.25, 0.3) is 0 Å². The Labute approximate surface area is 169 Å². The topological polar surface area (TPSA) is 76.4 Å². The van der Waals surface area contributed by atoms with Gasteiger partial charge in [0, 0.05) is 15.6 Å². The van der Waals surface area contributed by atoms with E-state index in [1.165, 1.54) is 0 Å².